The first-order valence-electron chi connectivity index (χ1n) is 9.04. The third kappa shape index (κ3) is 3.96. The van der Waals surface area contributed by atoms with E-state index in [1.807, 2.05) is 19.1 Å². The second kappa shape index (κ2) is 8.59. The summed E-state index contributed by atoms with van der Waals surface area (Å²) in [5, 5.41) is 11.4. The molecule has 0 spiro atoms. The summed E-state index contributed by atoms with van der Waals surface area (Å²) >= 11 is 6.15. The molecule has 0 saturated carbocycles. The molecule has 5 nitrogen and oxygen atoms in total. The Morgan fingerprint density at radius 2 is 1.89 bits per heavy atom. The predicted octanol–water partition coefficient (Wildman–Crippen LogP) is 4.11. The minimum atomic E-state index is -0.697. The van der Waals surface area contributed by atoms with Gasteiger partial charge < -0.3 is 14.7 Å². The quantitative estimate of drug-likeness (QED) is 0.343. The van der Waals surface area contributed by atoms with Crippen molar-refractivity contribution in [1.29, 1.82) is 0 Å². The molecule has 0 bridgehead atoms. The van der Waals surface area contributed by atoms with E-state index in [-0.39, 0.29) is 11.3 Å². The summed E-state index contributed by atoms with van der Waals surface area (Å²) in [6, 6.07) is 13.5. The highest BCUT2D eigenvalue weighted by molar-refractivity contribution is 6.46. The van der Waals surface area contributed by atoms with Crippen LogP contribution in [0, 0.1) is 6.92 Å². The van der Waals surface area contributed by atoms with E-state index in [9.17, 15) is 14.7 Å². The Morgan fingerprint density at radius 1 is 1.18 bits per heavy atom. The van der Waals surface area contributed by atoms with Crippen LogP contribution in [-0.2, 0) is 14.3 Å². The maximum atomic E-state index is 12.8. The van der Waals surface area contributed by atoms with Crippen molar-refractivity contribution in [2.75, 3.05) is 20.3 Å². The van der Waals surface area contributed by atoms with Gasteiger partial charge >= 0.3 is 0 Å². The van der Waals surface area contributed by atoms with Gasteiger partial charge in [0.15, 0.2) is 0 Å². The molecule has 0 unspecified atom stereocenters. The zero-order valence-electron chi connectivity index (χ0n) is 15.8. The Labute approximate surface area is 169 Å². The Balaban J connectivity index is 2.12. The first kappa shape index (κ1) is 20.1. The zero-order valence-corrected chi connectivity index (χ0v) is 16.6. The number of carbonyl (C=O) groups excluding carboxylic acids is 2. The van der Waals surface area contributed by atoms with Gasteiger partial charge in [-0.15, -0.1) is 0 Å². The largest absolute Gasteiger partial charge is 0.507 e. The van der Waals surface area contributed by atoms with Crippen LogP contribution in [0.25, 0.3) is 5.76 Å². The first-order valence-corrected chi connectivity index (χ1v) is 9.41. The minimum Gasteiger partial charge on any atom is -0.507 e. The van der Waals surface area contributed by atoms with Crippen LogP contribution >= 0.6 is 11.6 Å². The SMILES string of the molecule is COCCCN1C(=O)C(=O)C(=C(O)c2ccc(C)cc2)[C@@H]1c1cccc(Cl)c1. The molecule has 1 aliphatic heterocycles. The molecule has 1 amide bonds. The van der Waals surface area contributed by atoms with Crippen molar-refractivity contribution in [3.63, 3.8) is 0 Å². The van der Waals surface area contributed by atoms with Crippen molar-refractivity contribution in [3.05, 3.63) is 75.8 Å². The number of Topliss-reactive ketones (excluding diaryl/α,β-unsaturated/α-hetero) is 1. The number of carbonyl (C=O) groups is 2. The van der Waals surface area contributed by atoms with Crippen LogP contribution in [-0.4, -0.2) is 42.0 Å². The molecule has 0 radical (unpaired) electrons. The minimum absolute atomic E-state index is 0.0773. The lowest BCUT2D eigenvalue weighted by Gasteiger charge is -2.25. The van der Waals surface area contributed by atoms with Crippen molar-refractivity contribution >= 4 is 29.1 Å². The van der Waals surface area contributed by atoms with E-state index in [1.165, 1.54) is 4.90 Å². The topological polar surface area (TPSA) is 66.8 Å². The van der Waals surface area contributed by atoms with Crippen molar-refractivity contribution in [2.24, 2.45) is 0 Å². The number of methoxy groups -OCH3 is 1. The average molecular weight is 400 g/mol. The molecule has 3 rings (SSSR count). The summed E-state index contributed by atoms with van der Waals surface area (Å²) in [6.45, 7) is 2.73. The molecule has 28 heavy (non-hydrogen) atoms. The molecule has 1 N–H and O–H groups in total. The molecule has 0 aromatic heterocycles. The molecule has 6 heteroatoms. The van der Waals surface area contributed by atoms with Crippen molar-refractivity contribution < 1.29 is 19.4 Å². The highest BCUT2D eigenvalue weighted by Crippen LogP contribution is 2.40. The molecular weight excluding hydrogens is 378 g/mol. The van der Waals surface area contributed by atoms with Crippen LogP contribution in [0.2, 0.25) is 5.02 Å². The molecular formula is C22H22ClNO4. The summed E-state index contributed by atoms with van der Waals surface area (Å²) in [5.74, 6) is -1.51. The molecule has 1 atom stereocenters. The highest BCUT2D eigenvalue weighted by Gasteiger charge is 2.45. The number of ether oxygens (including phenoxy) is 1. The van der Waals surface area contributed by atoms with Gasteiger partial charge in [0.25, 0.3) is 11.7 Å². The van der Waals surface area contributed by atoms with Gasteiger partial charge in [-0.25, -0.2) is 0 Å². The molecule has 1 saturated heterocycles. The monoisotopic (exact) mass is 399 g/mol. The van der Waals surface area contributed by atoms with E-state index in [1.54, 1.807) is 43.5 Å². The predicted molar refractivity (Wildman–Crippen MR) is 108 cm³/mol. The number of aliphatic hydroxyl groups excluding tert-OH is 1. The van der Waals surface area contributed by atoms with Gasteiger partial charge in [0.05, 0.1) is 11.6 Å². The summed E-state index contributed by atoms with van der Waals surface area (Å²) < 4.78 is 5.07. The standard InChI is InChI=1S/C22H22ClNO4/c1-14-7-9-15(10-8-14)20(25)18-19(16-5-3-6-17(23)13-16)24(11-4-12-28-2)22(27)21(18)26/h3,5-10,13,19,25H,4,11-12H2,1-2H3/t19-/m0/s1. The number of amides is 1. The second-order valence-electron chi connectivity index (χ2n) is 6.76. The number of aryl methyl sites for hydroxylation is 1. The highest BCUT2D eigenvalue weighted by atomic mass is 35.5. The Morgan fingerprint density at radius 3 is 2.54 bits per heavy atom. The molecule has 1 fully saturated rings. The van der Waals surface area contributed by atoms with Crippen molar-refractivity contribution in [2.45, 2.75) is 19.4 Å². The van der Waals surface area contributed by atoms with Crippen LogP contribution in [0.15, 0.2) is 54.1 Å². The van der Waals surface area contributed by atoms with Gasteiger partial charge in [0, 0.05) is 30.8 Å². The molecule has 1 heterocycles. The van der Waals surface area contributed by atoms with E-state index in [2.05, 4.69) is 0 Å². The lowest BCUT2D eigenvalue weighted by Crippen LogP contribution is -2.31. The van der Waals surface area contributed by atoms with E-state index in [0.29, 0.717) is 35.7 Å². The van der Waals surface area contributed by atoms with Gasteiger partial charge in [-0.3, -0.25) is 9.59 Å². The van der Waals surface area contributed by atoms with Crippen molar-refractivity contribution in [3.8, 4) is 0 Å². The molecule has 0 aliphatic carbocycles. The Hall–Kier alpha value is -2.63. The maximum absolute atomic E-state index is 12.8. The number of nitrogens with zero attached hydrogens (tertiary/aromatic N) is 1. The van der Waals surface area contributed by atoms with Crippen LogP contribution in [0.3, 0.4) is 0 Å². The Kier molecular flexibility index (Phi) is 6.17. The van der Waals surface area contributed by atoms with Gasteiger partial charge in [-0.05, 0) is 31.0 Å². The fourth-order valence-corrected chi connectivity index (χ4v) is 3.58. The summed E-state index contributed by atoms with van der Waals surface area (Å²) in [6.07, 6.45) is 0.575. The van der Waals surface area contributed by atoms with E-state index in [4.69, 9.17) is 16.3 Å². The third-order valence-electron chi connectivity index (χ3n) is 4.78. The summed E-state index contributed by atoms with van der Waals surface area (Å²) in [4.78, 5) is 27.0. The van der Waals surface area contributed by atoms with Crippen LogP contribution in [0.1, 0.15) is 29.2 Å². The first-order chi connectivity index (χ1) is 13.4. The van der Waals surface area contributed by atoms with Gasteiger partial charge in [0.2, 0.25) is 0 Å². The number of hydrogen-bond acceptors (Lipinski definition) is 4. The lowest BCUT2D eigenvalue weighted by atomic mass is 9.95. The number of aliphatic hydroxyl groups is 1. The van der Waals surface area contributed by atoms with Crippen LogP contribution < -0.4 is 0 Å². The number of benzene rings is 2. The lowest BCUT2D eigenvalue weighted by molar-refractivity contribution is -0.140. The van der Waals surface area contributed by atoms with E-state index >= 15 is 0 Å². The summed E-state index contributed by atoms with van der Waals surface area (Å²) in [7, 11) is 1.58. The number of hydrogen-bond donors (Lipinski definition) is 1. The van der Waals surface area contributed by atoms with Gasteiger partial charge in [-0.1, -0.05) is 53.6 Å². The number of rotatable bonds is 6. The molecule has 1 aliphatic rings. The van der Waals surface area contributed by atoms with Gasteiger partial charge in [0.1, 0.15) is 5.76 Å². The number of ketones is 1. The zero-order chi connectivity index (χ0) is 20.3. The van der Waals surface area contributed by atoms with Crippen molar-refractivity contribution in [1.82, 2.24) is 4.90 Å². The average Bonchev–Trinajstić information content (AvgIpc) is 2.93. The van der Waals surface area contributed by atoms with Crippen LogP contribution in [0.4, 0.5) is 0 Å². The molecule has 2 aromatic rings. The number of likely N-dealkylation sites (tertiary alicyclic amines) is 1. The molecule has 2 aromatic carbocycles. The van der Waals surface area contributed by atoms with E-state index in [0.717, 1.165) is 5.56 Å². The second-order valence-corrected chi connectivity index (χ2v) is 7.20. The Bertz CT molecular complexity index is 920. The molecule has 146 valence electrons. The fraction of sp³-hybridized carbons (Fsp3) is 0.273. The van der Waals surface area contributed by atoms with Gasteiger partial charge in [-0.2, -0.15) is 0 Å². The maximum Gasteiger partial charge on any atom is 0.295 e. The fourth-order valence-electron chi connectivity index (χ4n) is 3.38. The van der Waals surface area contributed by atoms with Crippen LogP contribution in [0.5, 0.6) is 0 Å². The normalized spacial score (nSPS) is 18.7. The smallest absolute Gasteiger partial charge is 0.295 e. The summed E-state index contributed by atoms with van der Waals surface area (Å²) in [5.41, 5.74) is 2.28. The third-order valence-corrected chi connectivity index (χ3v) is 5.01. The number of halogens is 1. The van der Waals surface area contributed by atoms with E-state index < -0.39 is 17.7 Å².